The number of hydrogen-bond donors (Lipinski definition) is 1. The minimum absolute atomic E-state index is 0.111. The molecule has 0 radical (unpaired) electrons. The van der Waals surface area contributed by atoms with Crippen LogP contribution in [-0.2, 0) is 5.41 Å². The molecular formula is C15H18N2S. The third-order valence-electron chi connectivity index (χ3n) is 2.62. The summed E-state index contributed by atoms with van der Waals surface area (Å²) in [5.74, 6) is 0. The number of nitrogen functional groups attached to an aromatic ring is 1. The van der Waals surface area contributed by atoms with Crippen molar-refractivity contribution in [2.24, 2.45) is 0 Å². The van der Waals surface area contributed by atoms with E-state index in [9.17, 15) is 0 Å². The zero-order chi connectivity index (χ0) is 13.2. The molecule has 1 aromatic heterocycles. The second kappa shape index (κ2) is 4.94. The number of thiazole rings is 1. The molecule has 1 aromatic carbocycles. The van der Waals surface area contributed by atoms with Crippen LogP contribution in [0.25, 0.3) is 12.2 Å². The molecule has 0 unspecified atom stereocenters. The average Bonchev–Trinajstić information content (AvgIpc) is 2.74. The zero-order valence-corrected chi connectivity index (χ0v) is 11.8. The van der Waals surface area contributed by atoms with Crippen molar-refractivity contribution in [2.75, 3.05) is 5.73 Å². The lowest BCUT2D eigenvalue weighted by Crippen LogP contribution is -2.11. The van der Waals surface area contributed by atoms with Gasteiger partial charge in [-0.05, 0) is 23.8 Å². The summed E-state index contributed by atoms with van der Waals surface area (Å²) in [6.07, 6.45) is 4.08. The summed E-state index contributed by atoms with van der Waals surface area (Å²) in [7, 11) is 0. The summed E-state index contributed by atoms with van der Waals surface area (Å²) in [5, 5.41) is 3.15. The lowest BCUT2D eigenvalue weighted by molar-refractivity contribution is 0.573. The van der Waals surface area contributed by atoms with Crippen molar-refractivity contribution in [1.82, 2.24) is 4.98 Å². The molecule has 94 valence electrons. The third-order valence-corrected chi connectivity index (χ3v) is 3.43. The van der Waals surface area contributed by atoms with Crippen molar-refractivity contribution >= 4 is 29.2 Å². The third kappa shape index (κ3) is 3.20. The van der Waals surface area contributed by atoms with E-state index in [-0.39, 0.29) is 5.41 Å². The highest BCUT2D eigenvalue weighted by atomic mass is 32.1. The molecule has 3 heteroatoms. The van der Waals surface area contributed by atoms with Gasteiger partial charge in [-0.1, -0.05) is 39.0 Å². The summed E-state index contributed by atoms with van der Waals surface area (Å²) >= 11 is 1.67. The second-order valence-corrected chi connectivity index (χ2v) is 6.21. The predicted octanol–water partition coefficient (Wildman–Crippen LogP) is 4.19. The Morgan fingerprint density at radius 2 is 2.00 bits per heavy atom. The number of rotatable bonds is 2. The van der Waals surface area contributed by atoms with Gasteiger partial charge in [-0.25, -0.2) is 4.98 Å². The van der Waals surface area contributed by atoms with E-state index in [0.29, 0.717) is 0 Å². The Labute approximate surface area is 112 Å². The van der Waals surface area contributed by atoms with E-state index in [1.54, 1.807) is 11.3 Å². The number of nitrogens with zero attached hydrogens (tertiary/aromatic N) is 1. The number of anilines is 1. The molecule has 18 heavy (non-hydrogen) atoms. The maximum atomic E-state index is 5.74. The van der Waals surface area contributed by atoms with Crippen LogP contribution in [-0.4, -0.2) is 4.98 Å². The Kier molecular flexibility index (Phi) is 3.53. The fraction of sp³-hybridized carbons (Fsp3) is 0.267. The van der Waals surface area contributed by atoms with Crippen LogP contribution in [0, 0.1) is 0 Å². The summed E-state index contributed by atoms with van der Waals surface area (Å²) in [6.45, 7) is 6.52. The van der Waals surface area contributed by atoms with Crippen LogP contribution in [0.2, 0.25) is 0 Å². The van der Waals surface area contributed by atoms with Crippen molar-refractivity contribution in [1.29, 1.82) is 0 Å². The Balaban J connectivity index is 2.17. The van der Waals surface area contributed by atoms with Crippen LogP contribution >= 0.6 is 11.3 Å². The van der Waals surface area contributed by atoms with E-state index in [4.69, 9.17) is 5.73 Å². The van der Waals surface area contributed by atoms with Crippen LogP contribution in [0.15, 0.2) is 29.6 Å². The molecule has 2 rings (SSSR count). The number of benzene rings is 1. The smallest absolute Gasteiger partial charge is 0.116 e. The van der Waals surface area contributed by atoms with Crippen molar-refractivity contribution in [3.63, 3.8) is 0 Å². The largest absolute Gasteiger partial charge is 0.399 e. The number of hydrogen-bond acceptors (Lipinski definition) is 3. The molecule has 0 aliphatic rings. The second-order valence-electron chi connectivity index (χ2n) is 5.32. The van der Waals surface area contributed by atoms with E-state index >= 15 is 0 Å². The predicted molar refractivity (Wildman–Crippen MR) is 80.6 cm³/mol. The van der Waals surface area contributed by atoms with Crippen molar-refractivity contribution in [3.8, 4) is 0 Å². The lowest BCUT2D eigenvalue weighted by Gasteiger charge is -2.13. The van der Waals surface area contributed by atoms with Gasteiger partial charge in [-0.15, -0.1) is 11.3 Å². The molecule has 0 fully saturated rings. The average molecular weight is 258 g/mol. The van der Waals surface area contributed by atoms with E-state index in [2.05, 4.69) is 31.1 Å². The molecule has 0 aliphatic heterocycles. The van der Waals surface area contributed by atoms with Crippen molar-refractivity contribution in [3.05, 3.63) is 45.9 Å². The molecule has 0 aliphatic carbocycles. The Hall–Kier alpha value is -1.61. The zero-order valence-electron chi connectivity index (χ0n) is 11.0. The minimum atomic E-state index is 0.111. The molecule has 0 saturated carbocycles. The first-order chi connectivity index (χ1) is 8.45. The first-order valence-corrected chi connectivity index (χ1v) is 6.83. The van der Waals surface area contributed by atoms with Crippen LogP contribution < -0.4 is 5.73 Å². The summed E-state index contributed by atoms with van der Waals surface area (Å²) in [5.41, 5.74) is 8.87. The first-order valence-electron chi connectivity index (χ1n) is 5.95. The summed E-state index contributed by atoms with van der Waals surface area (Å²) in [6, 6.07) is 7.83. The van der Waals surface area contributed by atoms with Gasteiger partial charge < -0.3 is 5.73 Å². The molecule has 0 saturated heterocycles. The normalized spacial score (nSPS) is 12.2. The van der Waals surface area contributed by atoms with E-state index in [0.717, 1.165) is 22.0 Å². The monoisotopic (exact) mass is 258 g/mol. The van der Waals surface area contributed by atoms with Gasteiger partial charge in [0.25, 0.3) is 0 Å². The molecule has 0 bridgehead atoms. The van der Waals surface area contributed by atoms with Crippen LogP contribution in [0.1, 0.15) is 37.0 Å². The van der Waals surface area contributed by atoms with Gasteiger partial charge in [0.05, 0.1) is 5.69 Å². The number of nitrogens with two attached hydrogens (primary N) is 1. The fourth-order valence-corrected chi connectivity index (χ4v) is 2.48. The molecular weight excluding hydrogens is 240 g/mol. The van der Waals surface area contributed by atoms with Crippen molar-refractivity contribution in [2.45, 2.75) is 26.2 Å². The molecule has 0 amide bonds. The summed E-state index contributed by atoms with van der Waals surface area (Å²) in [4.78, 5) is 4.62. The van der Waals surface area contributed by atoms with Crippen molar-refractivity contribution < 1.29 is 0 Å². The fourth-order valence-electron chi connectivity index (χ4n) is 1.54. The van der Waals surface area contributed by atoms with Gasteiger partial charge in [0.15, 0.2) is 0 Å². The molecule has 2 aromatic rings. The maximum absolute atomic E-state index is 5.74. The van der Waals surface area contributed by atoms with Gasteiger partial charge >= 0.3 is 0 Å². The molecule has 2 N–H and O–H groups in total. The van der Waals surface area contributed by atoms with E-state index in [1.807, 2.05) is 36.4 Å². The molecule has 0 spiro atoms. The molecule has 1 heterocycles. The highest BCUT2D eigenvalue weighted by Gasteiger charge is 2.16. The van der Waals surface area contributed by atoms with E-state index < -0.39 is 0 Å². The van der Waals surface area contributed by atoms with Crippen LogP contribution in [0.5, 0.6) is 0 Å². The number of aromatic nitrogens is 1. The van der Waals surface area contributed by atoms with Crippen LogP contribution in [0.4, 0.5) is 5.69 Å². The highest BCUT2D eigenvalue weighted by Crippen LogP contribution is 2.24. The first kappa shape index (κ1) is 12.8. The standard InChI is InChI=1S/C15H18N2S/c1-15(2,3)13-10-18-14(17-13)8-7-11-5-4-6-12(16)9-11/h4-10H,16H2,1-3H3/b8-7+. The topological polar surface area (TPSA) is 38.9 Å². The van der Waals surface area contributed by atoms with Gasteiger partial charge in [0, 0.05) is 16.5 Å². The van der Waals surface area contributed by atoms with Gasteiger partial charge in [0.2, 0.25) is 0 Å². The maximum Gasteiger partial charge on any atom is 0.116 e. The van der Waals surface area contributed by atoms with Gasteiger partial charge in [-0.2, -0.15) is 0 Å². The van der Waals surface area contributed by atoms with Gasteiger partial charge in [-0.3, -0.25) is 0 Å². The SMILES string of the molecule is CC(C)(C)c1csc(/C=C/c2cccc(N)c2)n1. The Morgan fingerprint density at radius 1 is 1.22 bits per heavy atom. The van der Waals surface area contributed by atoms with Crippen LogP contribution in [0.3, 0.4) is 0 Å². The van der Waals surface area contributed by atoms with Gasteiger partial charge in [0.1, 0.15) is 5.01 Å². The Morgan fingerprint density at radius 3 is 2.61 bits per heavy atom. The summed E-state index contributed by atoms with van der Waals surface area (Å²) < 4.78 is 0. The lowest BCUT2D eigenvalue weighted by atomic mass is 9.93. The Bertz CT molecular complexity index is 562. The quantitative estimate of drug-likeness (QED) is 0.820. The molecule has 0 atom stereocenters. The highest BCUT2D eigenvalue weighted by molar-refractivity contribution is 7.10. The minimum Gasteiger partial charge on any atom is -0.399 e. The molecule has 2 nitrogen and oxygen atoms in total. The van der Waals surface area contributed by atoms with E-state index in [1.165, 1.54) is 0 Å².